The Balaban J connectivity index is 1.14. The number of amides is 1. The Bertz CT molecular complexity index is 1800. The third-order valence-electron chi connectivity index (χ3n) is 8.52. The second-order valence-electron chi connectivity index (χ2n) is 11.9. The van der Waals surface area contributed by atoms with Gasteiger partial charge in [-0.25, -0.2) is 4.98 Å². The third-order valence-corrected chi connectivity index (χ3v) is 8.52. The van der Waals surface area contributed by atoms with E-state index in [-0.39, 0.29) is 31.1 Å². The number of carboxylic acid groups (broad SMARTS) is 1. The van der Waals surface area contributed by atoms with Crippen molar-refractivity contribution in [2.24, 2.45) is 0 Å². The van der Waals surface area contributed by atoms with Crippen LogP contribution in [0.2, 0.25) is 0 Å². The number of hydrogen-bond acceptors (Lipinski definition) is 6. The van der Waals surface area contributed by atoms with Crippen molar-refractivity contribution in [3.05, 3.63) is 126 Å². The average Bonchev–Trinajstić information content (AvgIpc) is 3.51. The van der Waals surface area contributed by atoms with E-state index in [1.807, 2.05) is 79.1 Å². The zero-order valence-electron chi connectivity index (χ0n) is 26.1. The molecule has 242 valence electrons. The average molecular weight is 634 g/mol. The van der Waals surface area contributed by atoms with Gasteiger partial charge >= 0.3 is 5.97 Å². The number of aliphatic carboxylic acids is 1. The number of nitrogens with zero attached hydrogens (tertiary/aromatic N) is 2. The topological polar surface area (TPSA) is 123 Å². The fourth-order valence-electron chi connectivity index (χ4n) is 5.95. The van der Waals surface area contributed by atoms with Crippen molar-refractivity contribution < 1.29 is 29.3 Å². The van der Waals surface area contributed by atoms with E-state index in [1.54, 1.807) is 0 Å². The van der Waals surface area contributed by atoms with E-state index in [2.05, 4.69) is 39.1 Å². The Labute approximate surface area is 273 Å². The summed E-state index contributed by atoms with van der Waals surface area (Å²) >= 11 is 0. The van der Waals surface area contributed by atoms with Gasteiger partial charge in [0, 0.05) is 31.4 Å². The van der Waals surface area contributed by atoms with Crippen molar-refractivity contribution in [2.45, 2.75) is 70.3 Å². The highest BCUT2D eigenvalue weighted by molar-refractivity contribution is 5.76. The molecule has 2 heterocycles. The number of nitrogens with one attached hydrogen (secondary N) is 1. The maximum Gasteiger partial charge on any atom is 0.303 e. The molecular formula is C38H39N3O6. The summed E-state index contributed by atoms with van der Waals surface area (Å²) in [6, 6.07) is 32.2. The highest BCUT2D eigenvalue weighted by Gasteiger charge is 2.32. The molecule has 0 spiro atoms. The van der Waals surface area contributed by atoms with Crippen LogP contribution >= 0.6 is 0 Å². The summed E-state index contributed by atoms with van der Waals surface area (Å²) < 4.78 is 15.3. The minimum absolute atomic E-state index is 0.00601. The van der Waals surface area contributed by atoms with Crippen molar-refractivity contribution in [2.75, 3.05) is 0 Å². The second kappa shape index (κ2) is 15.2. The van der Waals surface area contributed by atoms with Crippen molar-refractivity contribution in [3.63, 3.8) is 0 Å². The lowest BCUT2D eigenvalue weighted by Gasteiger charge is -2.36. The largest absolute Gasteiger partial charge is 0.481 e. The van der Waals surface area contributed by atoms with Gasteiger partial charge in [-0.15, -0.1) is 0 Å². The zero-order valence-corrected chi connectivity index (χ0v) is 26.1. The van der Waals surface area contributed by atoms with Gasteiger partial charge in [0.15, 0.2) is 6.29 Å². The summed E-state index contributed by atoms with van der Waals surface area (Å²) in [4.78, 5) is 27.4. The number of para-hydroxylation sites is 2. The first-order valence-electron chi connectivity index (χ1n) is 16.0. The van der Waals surface area contributed by atoms with Gasteiger partial charge in [-0.05, 0) is 58.9 Å². The maximum absolute atomic E-state index is 12.2. The van der Waals surface area contributed by atoms with E-state index in [9.17, 15) is 14.7 Å². The lowest BCUT2D eigenvalue weighted by molar-refractivity contribution is -0.252. The molecular weight excluding hydrogens is 594 g/mol. The van der Waals surface area contributed by atoms with Crippen LogP contribution in [0, 0.1) is 0 Å². The minimum atomic E-state index is -0.841. The fourth-order valence-corrected chi connectivity index (χ4v) is 5.95. The Morgan fingerprint density at radius 3 is 2.38 bits per heavy atom. The molecule has 3 N–H and O–H groups in total. The molecule has 1 fully saturated rings. The molecule has 1 amide bonds. The molecule has 1 aliphatic rings. The highest BCUT2D eigenvalue weighted by atomic mass is 16.7. The Morgan fingerprint density at radius 1 is 0.830 bits per heavy atom. The van der Waals surface area contributed by atoms with Crippen LogP contribution in [-0.4, -0.2) is 37.7 Å². The van der Waals surface area contributed by atoms with Crippen molar-refractivity contribution in [1.82, 2.24) is 14.9 Å². The van der Waals surface area contributed by atoms with Gasteiger partial charge in [-0.3, -0.25) is 9.59 Å². The van der Waals surface area contributed by atoms with Crippen LogP contribution in [0.5, 0.6) is 0 Å². The first-order chi connectivity index (χ1) is 22.9. The number of imidazole rings is 1. The van der Waals surface area contributed by atoms with Crippen LogP contribution in [0.4, 0.5) is 0 Å². The molecule has 3 unspecified atom stereocenters. The number of aromatic nitrogens is 2. The summed E-state index contributed by atoms with van der Waals surface area (Å²) in [5, 5.41) is 21.2. The zero-order chi connectivity index (χ0) is 32.6. The van der Waals surface area contributed by atoms with Crippen molar-refractivity contribution in [3.8, 4) is 11.1 Å². The lowest BCUT2D eigenvalue weighted by atomic mass is 9.99. The smallest absolute Gasteiger partial charge is 0.303 e. The molecule has 1 saturated heterocycles. The van der Waals surface area contributed by atoms with Crippen LogP contribution in [0.25, 0.3) is 22.2 Å². The van der Waals surface area contributed by atoms with Crippen LogP contribution in [-0.2, 0) is 38.8 Å². The van der Waals surface area contributed by atoms with E-state index < -0.39 is 12.3 Å². The van der Waals surface area contributed by atoms with Gasteiger partial charge in [0.05, 0.1) is 42.7 Å². The number of carboxylic acids is 1. The van der Waals surface area contributed by atoms with E-state index in [1.165, 1.54) is 0 Å². The van der Waals surface area contributed by atoms with Crippen LogP contribution in [0.3, 0.4) is 0 Å². The normalized spacial score (nSPS) is 17.9. The minimum Gasteiger partial charge on any atom is -0.481 e. The standard InChI is InChI=1S/C38H39N3O6/c42-24-26-12-14-29(15-13-26)35-21-32(23-41-25-40-33-8-1-2-9-34(33)41)46-38(47-35)30-18-16-28(17-19-30)31-7-5-6-27(20-31)22-39-36(43)10-3-4-11-37(44)45/h1-2,5-9,12-20,25,32,35,38,42H,3-4,10-11,21-24H2,(H,39,43)(H,44,45). The van der Waals surface area contributed by atoms with Crippen LogP contribution in [0.1, 0.15) is 66.8 Å². The third kappa shape index (κ3) is 8.31. The van der Waals surface area contributed by atoms with Crippen LogP contribution in [0.15, 0.2) is 103 Å². The quantitative estimate of drug-likeness (QED) is 0.123. The molecule has 47 heavy (non-hydrogen) atoms. The first kappa shape index (κ1) is 32.1. The van der Waals surface area contributed by atoms with Gasteiger partial charge in [0.25, 0.3) is 0 Å². The van der Waals surface area contributed by atoms with E-state index >= 15 is 0 Å². The van der Waals surface area contributed by atoms with E-state index in [0.717, 1.165) is 44.4 Å². The molecule has 0 radical (unpaired) electrons. The first-order valence-corrected chi connectivity index (χ1v) is 16.0. The highest BCUT2D eigenvalue weighted by Crippen LogP contribution is 2.39. The number of hydrogen-bond donors (Lipinski definition) is 3. The molecule has 9 heteroatoms. The van der Waals surface area contributed by atoms with E-state index in [4.69, 9.17) is 14.6 Å². The number of rotatable bonds is 13. The molecule has 9 nitrogen and oxygen atoms in total. The molecule has 0 bridgehead atoms. The SMILES string of the molecule is O=C(O)CCCCC(=O)NCc1cccc(-c2ccc(C3OC(Cn4cnc5ccccc54)CC(c4ccc(CO)cc4)O3)cc2)c1. The number of benzene rings is 4. The van der Waals surface area contributed by atoms with Crippen LogP contribution < -0.4 is 5.32 Å². The molecule has 3 atom stereocenters. The molecule has 0 aliphatic carbocycles. The number of carbonyl (C=O) groups excluding carboxylic acids is 1. The number of unbranched alkanes of at least 4 members (excludes halogenated alkanes) is 1. The summed E-state index contributed by atoms with van der Waals surface area (Å²) in [5.41, 5.74) is 7.86. The number of aliphatic hydroxyl groups excluding tert-OH is 1. The Morgan fingerprint density at radius 2 is 1.60 bits per heavy atom. The Hall–Kier alpha value is -4.83. The van der Waals surface area contributed by atoms with E-state index in [0.29, 0.717) is 38.8 Å². The van der Waals surface area contributed by atoms with Gasteiger partial charge in [0.2, 0.25) is 5.91 Å². The fraction of sp³-hybridized carbons (Fsp3) is 0.289. The van der Waals surface area contributed by atoms with Gasteiger partial charge < -0.3 is 29.6 Å². The predicted molar refractivity (Wildman–Crippen MR) is 178 cm³/mol. The predicted octanol–water partition coefficient (Wildman–Crippen LogP) is 6.70. The Kier molecular flexibility index (Phi) is 10.4. The van der Waals surface area contributed by atoms with Gasteiger partial charge in [-0.1, -0.05) is 78.9 Å². The monoisotopic (exact) mass is 633 g/mol. The molecule has 5 aromatic rings. The van der Waals surface area contributed by atoms with Crippen molar-refractivity contribution in [1.29, 1.82) is 0 Å². The molecule has 1 aliphatic heterocycles. The summed E-state index contributed by atoms with van der Waals surface area (Å²) in [6.45, 7) is 1.03. The molecule has 0 saturated carbocycles. The summed E-state index contributed by atoms with van der Waals surface area (Å²) in [6.07, 6.45) is 3.08. The van der Waals surface area contributed by atoms with Gasteiger partial charge in [-0.2, -0.15) is 0 Å². The van der Waals surface area contributed by atoms with Gasteiger partial charge in [0.1, 0.15) is 0 Å². The number of fused-ring (bicyclic) bond motifs is 1. The number of ether oxygens (including phenoxy) is 2. The summed E-state index contributed by atoms with van der Waals surface area (Å²) in [7, 11) is 0. The number of carbonyl (C=O) groups is 2. The van der Waals surface area contributed by atoms with Crippen molar-refractivity contribution >= 4 is 22.9 Å². The second-order valence-corrected chi connectivity index (χ2v) is 11.9. The molecule has 4 aromatic carbocycles. The summed E-state index contributed by atoms with van der Waals surface area (Å²) in [5.74, 6) is -0.924. The lowest BCUT2D eigenvalue weighted by Crippen LogP contribution is -2.32. The maximum atomic E-state index is 12.2. The molecule has 6 rings (SSSR count). The molecule has 1 aromatic heterocycles. The number of aliphatic hydroxyl groups is 1.